The lowest BCUT2D eigenvalue weighted by atomic mass is 9.77. The molecule has 0 aliphatic carbocycles. The van der Waals surface area contributed by atoms with Crippen LogP contribution in [0.25, 0.3) is 0 Å². The molecule has 0 unspecified atom stereocenters. The van der Waals surface area contributed by atoms with E-state index in [2.05, 4.69) is 47.5 Å². The molecular weight excluding hydrogens is 208 g/mol. The molecule has 2 aromatic rings. The summed E-state index contributed by atoms with van der Waals surface area (Å²) in [6, 6.07) is 4.48. The number of rotatable bonds is 3. The van der Waals surface area contributed by atoms with Crippen molar-refractivity contribution in [2.45, 2.75) is 25.7 Å². The Balaban J connectivity index is 2.45. The summed E-state index contributed by atoms with van der Waals surface area (Å²) in [6.45, 7) is 4.59. The van der Waals surface area contributed by atoms with Gasteiger partial charge in [0.15, 0.2) is 0 Å². The fraction of sp³-hybridized carbons (Fsp3) is 0.333. The normalized spacial score (nSPS) is 11.9. The van der Waals surface area contributed by atoms with Crippen LogP contribution in [-0.2, 0) is 5.41 Å². The molecule has 0 atom stereocenters. The van der Waals surface area contributed by atoms with Crippen LogP contribution in [0.1, 0.15) is 31.4 Å². The van der Waals surface area contributed by atoms with Gasteiger partial charge in [0.25, 0.3) is 0 Å². The van der Waals surface area contributed by atoms with Crippen molar-refractivity contribution in [1.29, 1.82) is 0 Å². The van der Waals surface area contributed by atoms with Gasteiger partial charge in [0.05, 0.1) is 0 Å². The monoisotopic (exact) mass is 222 g/mol. The zero-order chi connectivity index (χ0) is 10.0. The minimum Gasteiger partial charge on any atom is -0.152 e. The van der Waals surface area contributed by atoms with E-state index in [9.17, 15) is 0 Å². The lowest BCUT2D eigenvalue weighted by molar-refractivity contribution is 0.554. The topological polar surface area (TPSA) is 0 Å². The van der Waals surface area contributed by atoms with Crippen LogP contribution in [0, 0.1) is 0 Å². The summed E-state index contributed by atoms with van der Waals surface area (Å²) in [5.74, 6) is 0. The fourth-order valence-corrected chi connectivity index (χ4v) is 3.31. The van der Waals surface area contributed by atoms with Gasteiger partial charge in [-0.15, -0.1) is 0 Å². The van der Waals surface area contributed by atoms with E-state index in [-0.39, 0.29) is 5.41 Å². The van der Waals surface area contributed by atoms with Crippen molar-refractivity contribution in [3.63, 3.8) is 0 Å². The van der Waals surface area contributed by atoms with Crippen molar-refractivity contribution >= 4 is 22.7 Å². The second-order valence-electron chi connectivity index (χ2n) is 3.71. The highest BCUT2D eigenvalue weighted by molar-refractivity contribution is 7.08. The zero-order valence-electron chi connectivity index (χ0n) is 8.49. The Morgan fingerprint density at radius 3 is 1.86 bits per heavy atom. The van der Waals surface area contributed by atoms with Crippen molar-refractivity contribution in [2.24, 2.45) is 0 Å². The Kier molecular flexibility index (Phi) is 2.75. The Hall–Kier alpha value is -0.600. The summed E-state index contributed by atoms with van der Waals surface area (Å²) < 4.78 is 0. The minimum atomic E-state index is 0.208. The van der Waals surface area contributed by atoms with E-state index in [0.717, 1.165) is 6.42 Å². The number of hydrogen-bond donors (Lipinski definition) is 0. The molecule has 2 aromatic heterocycles. The molecule has 0 N–H and O–H groups in total. The van der Waals surface area contributed by atoms with Crippen LogP contribution in [-0.4, -0.2) is 0 Å². The molecule has 0 aliphatic rings. The Morgan fingerprint density at radius 2 is 1.57 bits per heavy atom. The molecule has 0 spiro atoms. The summed E-state index contributed by atoms with van der Waals surface area (Å²) in [5, 5.41) is 8.85. The molecule has 2 heterocycles. The summed E-state index contributed by atoms with van der Waals surface area (Å²) in [6.07, 6.45) is 1.15. The average molecular weight is 222 g/mol. The van der Waals surface area contributed by atoms with E-state index in [0.29, 0.717) is 0 Å². The van der Waals surface area contributed by atoms with Gasteiger partial charge in [0, 0.05) is 5.41 Å². The quantitative estimate of drug-likeness (QED) is 0.716. The van der Waals surface area contributed by atoms with Crippen molar-refractivity contribution in [3.05, 3.63) is 44.8 Å². The lowest BCUT2D eigenvalue weighted by Crippen LogP contribution is -2.20. The summed E-state index contributed by atoms with van der Waals surface area (Å²) >= 11 is 3.57. The molecule has 0 aromatic carbocycles. The molecule has 0 fully saturated rings. The van der Waals surface area contributed by atoms with Gasteiger partial charge in [0.2, 0.25) is 0 Å². The molecule has 14 heavy (non-hydrogen) atoms. The average Bonchev–Trinajstić information content (AvgIpc) is 2.88. The Morgan fingerprint density at radius 1 is 1.07 bits per heavy atom. The van der Waals surface area contributed by atoms with Crippen molar-refractivity contribution in [2.75, 3.05) is 0 Å². The molecule has 2 rings (SSSR count). The molecule has 0 radical (unpaired) electrons. The van der Waals surface area contributed by atoms with Gasteiger partial charge < -0.3 is 0 Å². The molecule has 0 saturated carbocycles. The SMILES string of the molecule is CCC(C)(c1ccsc1)c1ccsc1. The first-order valence-electron chi connectivity index (χ1n) is 4.82. The maximum Gasteiger partial charge on any atom is 0.0188 e. The van der Waals surface area contributed by atoms with Crippen LogP contribution < -0.4 is 0 Å². The lowest BCUT2D eigenvalue weighted by Gasteiger charge is -2.26. The molecule has 2 heteroatoms. The van der Waals surface area contributed by atoms with Crippen molar-refractivity contribution in [3.8, 4) is 0 Å². The molecular formula is C12H14S2. The maximum absolute atomic E-state index is 2.33. The molecule has 74 valence electrons. The molecule has 0 bridgehead atoms. The van der Waals surface area contributed by atoms with E-state index in [1.807, 2.05) is 0 Å². The van der Waals surface area contributed by atoms with E-state index in [1.165, 1.54) is 11.1 Å². The number of hydrogen-bond acceptors (Lipinski definition) is 2. The summed E-state index contributed by atoms with van der Waals surface area (Å²) in [4.78, 5) is 0. The van der Waals surface area contributed by atoms with E-state index >= 15 is 0 Å². The Bertz CT molecular complexity index is 336. The largest absolute Gasteiger partial charge is 0.152 e. The van der Waals surface area contributed by atoms with Gasteiger partial charge in [-0.1, -0.05) is 13.8 Å². The zero-order valence-corrected chi connectivity index (χ0v) is 10.1. The first-order chi connectivity index (χ1) is 6.77. The molecule has 0 amide bonds. The van der Waals surface area contributed by atoms with Crippen LogP contribution in [0.5, 0.6) is 0 Å². The smallest absolute Gasteiger partial charge is 0.0188 e. The third kappa shape index (κ3) is 1.53. The van der Waals surface area contributed by atoms with Crippen LogP contribution in [0.4, 0.5) is 0 Å². The Labute approximate surface area is 93.2 Å². The third-order valence-corrected chi connectivity index (χ3v) is 4.39. The van der Waals surface area contributed by atoms with Gasteiger partial charge in [-0.25, -0.2) is 0 Å². The van der Waals surface area contributed by atoms with Crippen LogP contribution in [0.3, 0.4) is 0 Å². The van der Waals surface area contributed by atoms with Gasteiger partial charge in [-0.3, -0.25) is 0 Å². The van der Waals surface area contributed by atoms with Crippen LogP contribution in [0.15, 0.2) is 33.7 Å². The van der Waals surface area contributed by atoms with Crippen LogP contribution in [0.2, 0.25) is 0 Å². The first kappa shape index (κ1) is 9.94. The van der Waals surface area contributed by atoms with Gasteiger partial charge in [-0.2, -0.15) is 22.7 Å². The molecule has 0 aliphatic heterocycles. The number of thiophene rings is 2. The second-order valence-corrected chi connectivity index (χ2v) is 5.27. The summed E-state index contributed by atoms with van der Waals surface area (Å²) in [5.41, 5.74) is 3.10. The predicted octanol–water partition coefficient (Wildman–Crippen LogP) is 4.53. The van der Waals surface area contributed by atoms with Gasteiger partial charge in [-0.05, 0) is 51.2 Å². The van der Waals surface area contributed by atoms with Crippen LogP contribution >= 0.6 is 22.7 Å². The first-order valence-corrected chi connectivity index (χ1v) is 6.71. The molecule has 0 nitrogen and oxygen atoms in total. The van der Waals surface area contributed by atoms with Gasteiger partial charge >= 0.3 is 0 Å². The van der Waals surface area contributed by atoms with Crippen molar-refractivity contribution < 1.29 is 0 Å². The standard InChI is InChI=1S/C12H14S2/c1-3-12(2,10-4-6-13-8-10)11-5-7-14-9-11/h4-9H,3H2,1-2H3. The van der Waals surface area contributed by atoms with E-state index < -0.39 is 0 Å². The second kappa shape index (κ2) is 3.87. The minimum absolute atomic E-state index is 0.208. The highest BCUT2D eigenvalue weighted by atomic mass is 32.1. The highest BCUT2D eigenvalue weighted by Gasteiger charge is 2.27. The van der Waals surface area contributed by atoms with Crippen molar-refractivity contribution in [1.82, 2.24) is 0 Å². The third-order valence-electron chi connectivity index (χ3n) is 3.02. The van der Waals surface area contributed by atoms with Gasteiger partial charge in [0.1, 0.15) is 0 Å². The highest BCUT2D eigenvalue weighted by Crippen LogP contribution is 2.37. The van der Waals surface area contributed by atoms with E-state index in [1.54, 1.807) is 22.7 Å². The van der Waals surface area contributed by atoms with E-state index in [4.69, 9.17) is 0 Å². The summed E-state index contributed by atoms with van der Waals surface area (Å²) in [7, 11) is 0. The maximum atomic E-state index is 2.33. The predicted molar refractivity (Wildman–Crippen MR) is 65.4 cm³/mol. The fourth-order valence-electron chi connectivity index (χ4n) is 1.73. The molecule has 0 saturated heterocycles.